The molecule has 0 radical (unpaired) electrons. The minimum absolute atomic E-state index is 0.170. The molecule has 0 rings (SSSR count). The zero-order valence-corrected chi connectivity index (χ0v) is 6.08. The van der Waals surface area contributed by atoms with E-state index in [2.05, 4.69) is 6.58 Å². The molecule has 0 aromatic heterocycles. The first-order valence-corrected chi connectivity index (χ1v) is 3.20. The minimum atomic E-state index is -0.170. The van der Waals surface area contributed by atoms with Gasteiger partial charge < -0.3 is 0 Å². The molecule has 0 spiro atoms. The van der Waals surface area contributed by atoms with Gasteiger partial charge in [0.15, 0.2) is 0 Å². The summed E-state index contributed by atoms with van der Waals surface area (Å²) in [7, 11) is 0. The normalized spacial score (nSPS) is 12.8. The van der Waals surface area contributed by atoms with Gasteiger partial charge in [0.05, 0.1) is 0 Å². The van der Waals surface area contributed by atoms with Gasteiger partial charge in [0, 0.05) is 0 Å². The predicted octanol–water partition coefficient (Wildman–Crippen LogP) is 3.22. The molecule has 0 atom stereocenters. The van der Waals surface area contributed by atoms with Gasteiger partial charge in [-0.2, -0.15) is 0 Å². The summed E-state index contributed by atoms with van der Waals surface area (Å²) in [5.41, 5.74) is 0.799. The summed E-state index contributed by atoms with van der Waals surface area (Å²) in [5.74, 6) is -0.170. The van der Waals surface area contributed by atoms with E-state index in [1.54, 1.807) is 6.92 Å². The first-order chi connectivity index (χ1) is 4.22. The van der Waals surface area contributed by atoms with Gasteiger partial charge in [0.25, 0.3) is 0 Å². The molecule has 0 heterocycles. The second-order valence-electron chi connectivity index (χ2n) is 2.08. The molecule has 0 aromatic carbocycles. The molecular weight excluding hydrogens is 115 g/mol. The van der Waals surface area contributed by atoms with Gasteiger partial charge in [-0.25, -0.2) is 4.39 Å². The van der Waals surface area contributed by atoms with E-state index in [1.165, 1.54) is 6.08 Å². The second kappa shape index (κ2) is 4.30. The number of rotatable bonds is 3. The average molecular weight is 128 g/mol. The minimum Gasteiger partial charge on any atom is -0.207 e. The Morgan fingerprint density at radius 2 is 2.22 bits per heavy atom. The quantitative estimate of drug-likeness (QED) is 0.512. The molecule has 0 aromatic rings. The van der Waals surface area contributed by atoms with Gasteiger partial charge in [0.2, 0.25) is 0 Å². The number of hydrogen-bond donors (Lipinski definition) is 0. The fourth-order valence-corrected chi connectivity index (χ4v) is 0.669. The summed E-state index contributed by atoms with van der Waals surface area (Å²) in [6.07, 6.45) is 3.08. The molecule has 0 amide bonds. The third-order valence-corrected chi connectivity index (χ3v) is 1.21. The Labute approximate surface area is 56.1 Å². The van der Waals surface area contributed by atoms with Crippen molar-refractivity contribution in [1.82, 2.24) is 0 Å². The molecule has 0 saturated heterocycles. The zero-order chi connectivity index (χ0) is 7.28. The molecule has 0 N–H and O–H groups in total. The van der Waals surface area contributed by atoms with E-state index in [9.17, 15) is 4.39 Å². The van der Waals surface area contributed by atoms with Crippen LogP contribution in [0.2, 0.25) is 0 Å². The second-order valence-corrected chi connectivity index (χ2v) is 2.08. The summed E-state index contributed by atoms with van der Waals surface area (Å²) in [5, 5.41) is 0. The van der Waals surface area contributed by atoms with E-state index in [1.807, 2.05) is 6.92 Å². The molecule has 0 saturated carbocycles. The average Bonchev–Trinajstić information content (AvgIpc) is 1.87. The van der Waals surface area contributed by atoms with Crippen molar-refractivity contribution in [3.8, 4) is 0 Å². The van der Waals surface area contributed by atoms with Crippen LogP contribution in [0.3, 0.4) is 0 Å². The molecule has 0 nitrogen and oxygen atoms in total. The van der Waals surface area contributed by atoms with Gasteiger partial charge in [-0.1, -0.05) is 19.9 Å². The molecule has 0 fully saturated rings. The maximum absolute atomic E-state index is 12.5. The molecular formula is C8H13F. The van der Waals surface area contributed by atoms with Gasteiger partial charge >= 0.3 is 0 Å². The third-order valence-electron chi connectivity index (χ3n) is 1.21. The van der Waals surface area contributed by atoms with Crippen molar-refractivity contribution in [2.75, 3.05) is 0 Å². The monoisotopic (exact) mass is 128 g/mol. The summed E-state index contributed by atoms with van der Waals surface area (Å²) >= 11 is 0. The van der Waals surface area contributed by atoms with Gasteiger partial charge in [0.1, 0.15) is 5.83 Å². The lowest BCUT2D eigenvalue weighted by Gasteiger charge is -1.95. The van der Waals surface area contributed by atoms with E-state index in [0.717, 1.165) is 18.4 Å². The Bertz CT molecular complexity index is 123. The number of hydrogen-bond acceptors (Lipinski definition) is 0. The fourth-order valence-electron chi connectivity index (χ4n) is 0.669. The Kier molecular flexibility index (Phi) is 4.02. The van der Waals surface area contributed by atoms with Crippen molar-refractivity contribution in [2.24, 2.45) is 0 Å². The van der Waals surface area contributed by atoms with Crippen LogP contribution in [0, 0.1) is 0 Å². The SMILES string of the molecule is C=C/C(F)=C(/C)CCC. The summed E-state index contributed by atoms with van der Waals surface area (Å²) in [6, 6.07) is 0. The van der Waals surface area contributed by atoms with E-state index in [-0.39, 0.29) is 5.83 Å². The maximum Gasteiger partial charge on any atom is 0.121 e. The van der Waals surface area contributed by atoms with E-state index < -0.39 is 0 Å². The van der Waals surface area contributed by atoms with Crippen molar-refractivity contribution in [1.29, 1.82) is 0 Å². The van der Waals surface area contributed by atoms with Crippen LogP contribution in [0.4, 0.5) is 4.39 Å². The number of allylic oxidation sites excluding steroid dienone is 3. The van der Waals surface area contributed by atoms with E-state index in [4.69, 9.17) is 0 Å². The largest absolute Gasteiger partial charge is 0.207 e. The Morgan fingerprint density at radius 1 is 1.67 bits per heavy atom. The molecule has 0 aliphatic heterocycles. The lowest BCUT2D eigenvalue weighted by atomic mass is 10.1. The molecule has 0 bridgehead atoms. The zero-order valence-electron chi connectivity index (χ0n) is 6.08. The maximum atomic E-state index is 12.5. The number of halogens is 1. The van der Waals surface area contributed by atoms with Crippen LogP contribution in [0.15, 0.2) is 24.1 Å². The van der Waals surface area contributed by atoms with Crippen molar-refractivity contribution in [2.45, 2.75) is 26.7 Å². The van der Waals surface area contributed by atoms with Gasteiger partial charge in [-0.05, 0) is 25.0 Å². The van der Waals surface area contributed by atoms with Crippen LogP contribution < -0.4 is 0 Å². The van der Waals surface area contributed by atoms with Crippen LogP contribution in [0.5, 0.6) is 0 Å². The van der Waals surface area contributed by atoms with Crippen LogP contribution in [-0.4, -0.2) is 0 Å². The van der Waals surface area contributed by atoms with Crippen molar-refractivity contribution in [3.63, 3.8) is 0 Å². The summed E-state index contributed by atoms with van der Waals surface area (Å²) in [4.78, 5) is 0. The standard InChI is InChI=1S/C8H13F/c1-4-6-7(3)8(9)5-2/h5H,2,4,6H2,1,3H3/b8-7+. The topological polar surface area (TPSA) is 0 Å². The lowest BCUT2D eigenvalue weighted by Crippen LogP contribution is -1.77. The molecule has 52 valence electrons. The van der Waals surface area contributed by atoms with Crippen LogP contribution in [0.25, 0.3) is 0 Å². The van der Waals surface area contributed by atoms with Crippen LogP contribution >= 0.6 is 0 Å². The molecule has 0 unspecified atom stereocenters. The molecule has 0 aliphatic carbocycles. The van der Waals surface area contributed by atoms with Crippen molar-refractivity contribution < 1.29 is 4.39 Å². The van der Waals surface area contributed by atoms with E-state index in [0.29, 0.717) is 0 Å². The van der Waals surface area contributed by atoms with Crippen molar-refractivity contribution in [3.05, 3.63) is 24.1 Å². The van der Waals surface area contributed by atoms with E-state index >= 15 is 0 Å². The Balaban J connectivity index is 3.93. The van der Waals surface area contributed by atoms with Crippen LogP contribution in [-0.2, 0) is 0 Å². The van der Waals surface area contributed by atoms with Crippen molar-refractivity contribution >= 4 is 0 Å². The Morgan fingerprint density at radius 3 is 2.56 bits per heavy atom. The highest BCUT2D eigenvalue weighted by atomic mass is 19.1. The predicted molar refractivity (Wildman–Crippen MR) is 38.9 cm³/mol. The van der Waals surface area contributed by atoms with Crippen LogP contribution in [0.1, 0.15) is 26.7 Å². The van der Waals surface area contributed by atoms with Gasteiger partial charge in [-0.3, -0.25) is 0 Å². The fraction of sp³-hybridized carbons (Fsp3) is 0.500. The highest BCUT2D eigenvalue weighted by Crippen LogP contribution is 2.11. The third kappa shape index (κ3) is 3.07. The first-order valence-electron chi connectivity index (χ1n) is 3.20. The summed E-state index contributed by atoms with van der Waals surface area (Å²) in [6.45, 7) is 7.15. The van der Waals surface area contributed by atoms with Gasteiger partial charge in [-0.15, -0.1) is 0 Å². The lowest BCUT2D eigenvalue weighted by molar-refractivity contribution is 0.643. The molecule has 9 heavy (non-hydrogen) atoms. The first kappa shape index (κ1) is 8.41. The summed E-state index contributed by atoms with van der Waals surface area (Å²) < 4.78 is 12.5. The Hall–Kier alpha value is -0.590. The highest BCUT2D eigenvalue weighted by molar-refractivity contribution is 5.15. The molecule has 1 heteroatoms. The highest BCUT2D eigenvalue weighted by Gasteiger charge is 1.93. The smallest absolute Gasteiger partial charge is 0.121 e. The molecule has 0 aliphatic rings.